The Labute approximate surface area is 193 Å². The van der Waals surface area contributed by atoms with Crippen molar-refractivity contribution in [2.45, 2.75) is 38.0 Å². The van der Waals surface area contributed by atoms with Crippen LogP contribution in [0.5, 0.6) is 0 Å². The molecule has 32 heavy (non-hydrogen) atoms. The Balaban J connectivity index is 1.63. The number of carbonyl (C=O) groups is 1. The Kier molecular flexibility index (Phi) is 6.37. The molecule has 0 spiro atoms. The van der Waals surface area contributed by atoms with Crippen LogP contribution in [0.2, 0.25) is 5.02 Å². The summed E-state index contributed by atoms with van der Waals surface area (Å²) in [4.78, 5) is 13.0. The maximum Gasteiger partial charge on any atom is 0.255 e. The lowest BCUT2D eigenvalue weighted by molar-refractivity contribution is 0.102. The van der Waals surface area contributed by atoms with Crippen LogP contribution in [0, 0.1) is 13.8 Å². The second kappa shape index (κ2) is 9.05. The summed E-state index contributed by atoms with van der Waals surface area (Å²) in [6.07, 6.45) is 2.65. The van der Waals surface area contributed by atoms with Gasteiger partial charge in [0.25, 0.3) is 5.91 Å². The number of hydrogen-bond donors (Lipinski definition) is 1. The number of anilines is 1. The van der Waals surface area contributed by atoms with E-state index in [2.05, 4.69) is 10.4 Å². The highest BCUT2D eigenvalue weighted by atomic mass is 35.5. The van der Waals surface area contributed by atoms with Crippen LogP contribution in [-0.4, -0.2) is 41.5 Å². The number of sulfonamides is 1. The van der Waals surface area contributed by atoms with E-state index in [0.717, 1.165) is 30.6 Å². The van der Waals surface area contributed by atoms with Crippen LogP contribution in [0.15, 0.2) is 53.4 Å². The molecule has 0 unspecified atom stereocenters. The van der Waals surface area contributed by atoms with Gasteiger partial charge >= 0.3 is 0 Å². The number of carbonyl (C=O) groups excluding carboxylic acids is 1. The van der Waals surface area contributed by atoms with Crippen molar-refractivity contribution in [3.63, 3.8) is 0 Å². The van der Waals surface area contributed by atoms with E-state index in [-0.39, 0.29) is 15.5 Å². The zero-order valence-corrected chi connectivity index (χ0v) is 19.6. The minimum atomic E-state index is -3.76. The first-order chi connectivity index (χ1) is 15.3. The fourth-order valence-electron chi connectivity index (χ4n) is 3.92. The zero-order chi connectivity index (χ0) is 22.9. The number of halogens is 1. The molecular formula is C23H25ClN4O3S. The molecule has 1 fully saturated rings. The van der Waals surface area contributed by atoms with Crippen molar-refractivity contribution in [2.24, 2.45) is 0 Å². The van der Waals surface area contributed by atoms with Crippen LogP contribution in [0.3, 0.4) is 0 Å². The number of para-hydroxylation sites is 1. The summed E-state index contributed by atoms with van der Waals surface area (Å²) in [6.45, 7) is 4.62. The van der Waals surface area contributed by atoms with Gasteiger partial charge in [-0.25, -0.2) is 13.1 Å². The SMILES string of the molecule is Cc1nn(-c2ccccc2)c(C)c1NC(=O)c1ccc(Cl)c(S(=O)(=O)N2CCCCC2)c1. The van der Waals surface area contributed by atoms with Gasteiger partial charge in [0.1, 0.15) is 4.90 Å². The molecule has 4 rings (SSSR count). The van der Waals surface area contributed by atoms with Crippen molar-refractivity contribution >= 4 is 33.2 Å². The lowest BCUT2D eigenvalue weighted by Crippen LogP contribution is -2.35. The van der Waals surface area contributed by atoms with Crippen LogP contribution in [-0.2, 0) is 10.0 Å². The number of hydrogen-bond acceptors (Lipinski definition) is 4. The van der Waals surface area contributed by atoms with Gasteiger partial charge < -0.3 is 5.32 Å². The van der Waals surface area contributed by atoms with Crippen LogP contribution in [0.1, 0.15) is 41.0 Å². The van der Waals surface area contributed by atoms with Gasteiger partial charge in [0, 0.05) is 18.7 Å². The fourth-order valence-corrected chi connectivity index (χ4v) is 5.93. The second-order valence-corrected chi connectivity index (χ2v) is 10.2. The molecule has 0 bridgehead atoms. The molecule has 0 radical (unpaired) electrons. The van der Waals surface area contributed by atoms with Gasteiger partial charge in [-0.05, 0) is 57.0 Å². The normalized spacial score (nSPS) is 15.0. The van der Waals surface area contributed by atoms with Crippen molar-refractivity contribution in [2.75, 3.05) is 18.4 Å². The van der Waals surface area contributed by atoms with Gasteiger partial charge in [0.2, 0.25) is 10.0 Å². The number of rotatable bonds is 5. The first kappa shape index (κ1) is 22.5. The third kappa shape index (κ3) is 4.30. The highest BCUT2D eigenvalue weighted by Gasteiger charge is 2.29. The van der Waals surface area contributed by atoms with Crippen molar-refractivity contribution in [3.05, 3.63) is 70.5 Å². The topological polar surface area (TPSA) is 84.3 Å². The largest absolute Gasteiger partial charge is 0.319 e. The zero-order valence-electron chi connectivity index (χ0n) is 18.0. The molecule has 1 aromatic heterocycles. The first-order valence-corrected chi connectivity index (χ1v) is 12.3. The van der Waals surface area contributed by atoms with E-state index in [1.807, 2.05) is 44.2 Å². The lowest BCUT2D eigenvalue weighted by Gasteiger charge is -2.26. The summed E-state index contributed by atoms with van der Waals surface area (Å²) >= 11 is 6.24. The van der Waals surface area contributed by atoms with Gasteiger partial charge in [0.05, 0.1) is 27.8 Å². The summed E-state index contributed by atoms with van der Waals surface area (Å²) in [5, 5.41) is 7.53. The molecule has 168 valence electrons. The van der Waals surface area contributed by atoms with E-state index in [9.17, 15) is 13.2 Å². The van der Waals surface area contributed by atoms with Crippen LogP contribution < -0.4 is 5.32 Å². The number of aryl methyl sites for hydroxylation is 1. The summed E-state index contributed by atoms with van der Waals surface area (Å²) in [6, 6.07) is 14.0. The van der Waals surface area contributed by atoms with Crippen LogP contribution >= 0.6 is 11.6 Å². The summed E-state index contributed by atoms with van der Waals surface area (Å²) in [5.74, 6) is -0.421. The van der Waals surface area contributed by atoms with Gasteiger partial charge in [0.15, 0.2) is 0 Å². The molecule has 2 aromatic carbocycles. The quantitative estimate of drug-likeness (QED) is 0.589. The molecule has 0 saturated carbocycles. The maximum absolute atomic E-state index is 13.1. The number of amides is 1. The van der Waals surface area contributed by atoms with Gasteiger partial charge in [-0.2, -0.15) is 9.40 Å². The van der Waals surface area contributed by atoms with Crippen molar-refractivity contribution < 1.29 is 13.2 Å². The third-order valence-corrected chi connectivity index (χ3v) is 8.04. The van der Waals surface area contributed by atoms with E-state index in [1.54, 1.807) is 4.68 Å². The third-order valence-electron chi connectivity index (χ3n) is 5.66. The Hall–Kier alpha value is -2.68. The number of aromatic nitrogens is 2. The van der Waals surface area contributed by atoms with Gasteiger partial charge in [-0.3, -0.25) is 4.79 Å². The molecule has 1 amide bonds. The second-order valence-electron chi connectivity index (χ2n) is 7.86. The molecule has 3 aromatic rings. The Morgan fingerprint density at radius 1 is 1.03 bits per heavy atom. The number of nitrogens with one attached hydrogen (secondary N) is 1. The van der Waals surface area contributed by atoms with Crippen LogP contribution in [0.25, 0.3) is 5.69 Å². The van der Waals surface area contributed by atoms with E-state index in [4.69, 9.17) is 11.6 Å². The highest BCUT2D eigenvalue weighted by Crippen LogP contribution is 2.29. The molecule has 2 heterocycles. The molecule has 0 atom stereocenters. The van der Waals surface area contributed by atoms with E-state index >= 15 is 0 Å². The van der Waals surface area contributed by atoms with Crippen molar-refractivity contribution in [1.82, 2.24) is 14.1 Å². The average molecular weight is 473 g/mol. The minimum absolute atomic E-state index is 0.0397. The standard InChI is InChI=1S/C23H25ClN4O3S/c1-16-22(17(2)28(26-16)19-9-5-3-6-10-19)25-23(29)18-11-12-20(24)21(15-18)32(30,31)27-13-7-4-8-14-27/h3,5-6,9-12,15H,4,7-8,13-14H2,1-2H3,(H,25,29). The molecule has 1 aliphatic rings. The van der Waals surface area contributed by atoms with Gasteiger partial charge in [-0.1, -0.05) is 36.2 Å². The Bertz CT molecular complexity index is 1250. The van der Waals surface area contributed by atoms with E-state index < -0.39 is 15.9 Å². The average Bonchev–Trinajstić information content (AvgIpc) is 3.08. The summed E-state index contributed by atoms with van der Waals surface area (Å²) < 4.78 is 29.4. The lowest BCUT2D eigenvalue weighted by atomic mass is 10.2. The highest BCUT2D eigenvalue weighted by molar-refractivity contribution is 7.89. The summed E-state index contributed by atoms with van der Waals surface area (Å²) in [5.41, 5.74) is 3.13. The number of benzene rings is 2. The predicted molar refractivity (Wildman–Crippen MR) is 125 cm³/mol. The molecule has 1 N–H and O–H groups in total. The summed E-state index contributed by atoms with van der Waals surface area (Å²) in [7, 11) is -3.76. The molecule has 0 aliphatic carbocycles. The molecule has 1 saturated heterocycles. The molecule has 9 heteroatoms. The van der Waals surface area contributed by atoms with Crippen molar-refractivity contribution in [1.29, 1.82) is 0 Å². The van der Waals surface area contributed by atoms with Crippen molar-refractivity contribution in [3.8, 4) is 5.69 Å². The maximum atomic E-state index is 13.1. The predicted octanol–water partition coefficient (Wildman–Crippen LogP) is 4.57. The van der Waals surface area contributed by atoms with E-state index in [1.165, 1.54) is 22.5 Å². The smallest absolute Gasteiger partial charge is 0.255 e. The number of piperidine rings is 1. The number of nitrogens with zero attached hydrogens (tertiary/aromatic N) is 3. The molecular weight excluding hydrogens is 448 g/mol. The van der Waals surface area contributed by atoms with Gasteiger partial charge in [-0.15, -0.1) is 0 Å². The van der Waals surface area contributed by atoms with E-state index in [0.29, 0.717) is 24.5 Å². The monoisotopic (exact) mass is 472 g/mol. The fraction of sp³-hybridized carbons (Fsp3) is 0.304. The first-order valence-electron chi connectivity index (χ1n) is 10.5. The Morgan fingerprint density at radius 3 is 2.41 bits per heavy atom. The molecule has 1 aliphatic heterocycles. The van der Waals surface area contributed by atoms with Crippen LogP contribution in [0.4, 0.5) is 5.69 Å². The minimum Gasteiger partial charge on any atom is -0.319 e. The Morgan fingerprint density at radius 2 is 1.72 bits per heavy atom. The molecule has 7 nitrogen and oxygen atoms in total.